The molecule has 1 aromatic rings. The van der Waals surface area contributed by atoms with Crippen LogP contribution < -0.4 is 5.32 Å². The van der Waals surface area contributed by atoms with Crippen LogP contribution in [-0.2, 0) is 4.74 Å². The van der Waals surface area contributed by atoms with E-state index in [1.54, 1.807) is 6.20 Å². The number of halogens is 1. The highest BCUT2D eigenvalue weighted by Crippen LogP contribution is 2.58. The summed E-state index contributed by atoms with van der Waals surface area (Å²) in [5.74, 6) is 0. The summed E-state index contributed by atoms with van der Waals surface area (Å²) in [4.78, 5) is 4.13. The smallest absolute Gasteiger partial charge is 0.0718 e. The molecule has 0 radical (unpaired) electrons. The molecule has 2 aliphatic carbocycles. The third-order valence-corrected chi connectivity index (χ3v) is 4.86. The Labute approximate surface area is 113 Å². The van der Waals surface area contributed by atoms with Crippen LogP contribution in [0.2, 0.25) is 5.02 Å². The highest BCUT2D eigenvalue weighted by atomic mass is 35.5. The summed E-state index contributed by atoms with van der Waals surface area (Å²) >= 11 is 6.17. The number of anilines is 1. The van der Waals surface area contributed by atoms with E-state index in [0.717, 1.165) is 23.7 Å². The van der Waals surface area contributed by atoms with E-state index in [1.807, 2.05) is 12.3 Å². The molecule has 2 aliphatic rings. The maximum Gasteiger partial charge on any atom is 0.0718 e. The Morgan fingerprint density at radius 1 is 1.56 bits per heavy atom. The van der Waals surface area contributed by atoms with Crippen LogP contribution in [0.25, 0.3) is 0 Å². The number of hydrogen-bond donors (Lipinski definition) is 1. The molecule has 1 spiro atoms. The topological polar surface area (TPSA) is 34.1 Å². The molecule has 0 bridgehead atoms. The van der Waals surface area contributed by atoms with Gasteiger partial charge in [-0.1, -0.05) is 18.0 Å². The Kier molecular flexibility index (Phi) is 3.20. The first-order chi connectivity index (χ1) is 8.76. The van der Waals surface area contributed by atoms with Crippen LogP contribution >= 0.6 is 11.6 Å². The third-order valence-electron chi connectivity index (χ3n) is 4.53. The van der Waals surface area contributed by atoms with Gasteiger partial charge in [0.1, 0.15) is 0 Å². The quantitative estimate of drug-likeness (QED) is 0.906. The van der Waals surface area contributed by atoms with Gasteiger partial charge >= 0.3 is 0 Å². The van der Waals surface area contributed by atoms with E-state index in [2.05, 4.69) is 17.2 Å². The van der Waals surface area contributed by atoms with Crippen molar-refractivity contribution in [3.05, 3.63) is 23.5 Å². The second kappa shape index (κ2) is 4.71. The minimum atomic E-state index is 0.356. The molecule has 2 atom stereocenters. The second-order valence-electron chi connectivity index (χ2n) is 5.32. The predicted molar refractivity (Wildman–Crippen MR) is 73.0 cm³/mol. The number of rotatable bonds is 4. The molecule has 98 valence electrons. The number of hydrogen-bond acceptors (Lipinski definition) is 3. The summed E-state index contributed by atoms with van der Waals surface area (Å²) in [6.07, 6.45) is 8.91. The molecule has 0 saturated heterocycles. The van der Waals surface area contributed by atoms with Gasteiger partial charge < -0.3 is 10.1 Å². The number of nitrogens with one attached hydrogen (secondary N) is 1. The van der Waals surface area contributed by atoms with Gasteiger partial charge in [0.05, 0.1) is 23.0 Å². The zero-order chi connectivity index (χ0) is 12.6. The number of aromatic nitrogens is 1. The van der Waals surface area contributed by atoms with Crippen LogP contribution in [0.15, 0.2) is 18.5 Å². The van der Waals surface area contributed by atoms with E-state index in [1.165, 1.54) is 19.3 Å². The molecule has 2 fully saturated rings. The van der Waals surface area contributed by atoms with E-state index in [-0.39, 0.29) is 0 Å². The first kappa shape index (κ1) is 12.2. The highest BCUT2D eigenvalue weighted by Gasteiger charge is 2.58. The molecular weight excluding hydrogens is 248 g/mol. The van der Waals surface area contributed by atoms with Crippen molar-refractivity contribution in [2.75, 3.05) is 11.9 Å². The van der Waals surface area contributed by atoms with Crippen LogP contribution in [0.1, 0.15) is 32.6 Å². The van der Waals surface area contributed by atoms with Gasteiger partial charge in [-0.3, -0.25) is 4.98 Å². The SMILES string of the molecule is CCOC1CC(Nc2cnccc2Cl)C12CCC2. The van der Waals surface area contributed by atoms with E-state index in [4.69, 9.17) is 16.3 Å². The predicted octanol–water partition coefficient (Wildman–Crippen LogP) is 3.49. The Bertz CT molecular complexity index is 434. The summed E-state index contributed by atoms with van der Waals surface area (Å²) in [6.45, 7) is 2.89. The molecule has 1 heterocycles. The number of nitrogens with zero attached hydrogens (tertiary/aromatic N) is 1. The fraction of sp³-hybridized carbons (Fsp3) is 0.643. The maximum absolute atomic E-state index is 6.17. The molecule has 0 aliphatic heterocycles. The van der Waals surface area contributed by atoms with Crippen LogP contribution in [0.4, 0.5) is 5.69 Å². The van der Waals surface area contributed by atoms with Gasteiger partial charge in [-0.15, -0.1) is 0 Å². The van der Waals surface area contributed by atoms with Crippen molar-refractivity contribution in [1.82, 2.24) is 4.98 Å². The van der Waals surface area contributed by atoms with Crippen LogP contribution in [0.3, 0.4) is 0 Å². The molecule has 0 aromatic carbocycles. The lowest BCUT2D eigenvalue weighted by Gasteiger charge is -2.61. The van der Waals surface area contributed by atoms with Gasteiger partial charge in [0.15, 0.2) is 0 Å². The first-order valence-electron chi connectivity index (χ1n) is 6.74. The van der Waals surface area contributed by atoms with Gasteiger partial charge in [-0.25, -0.2) is 0 Å². The van der Waals surface area contributed by atoms with Crippen molar-refractivity contribution in [3.63, 3.8) is 0 Å². The maximum atomic E-state index is 6.17. The molecule has 1 N–H and O–H groups in total. The molecule has 0 amide bonds. The molecule has 4 heteroatoms. The third kappa shape index (κ3) is 1.81. The van der Waals surface area contributed by atoms with Gasteiger partial charge in [0, 0.05) is 24.3 Å². The molecule has 18 heavy (non-hydrogen) atoms. The minimum Gasteiger partial charge on any atom is -0.379 e. The first-order valence-corrected chi connectivity index (χ1v) is 7.12. The summed E-state index contributed by atoms with van der Waals surface area (Å²) in [5.41, 5.74) is 1.31. The zero-order valence-electron chi connectivity index (χ0n) is 10.7. The van der Waals surface area contributed by atoms with Crippen molar-refractivity contribution in [3.8, 4) is 0 Å². The zero-order valence-corrected chi connectivity index (χ0v) is 11.4. The summed E-state index contributed by atoms with van der Waals surface area (Å²) in [6, 6.07) is 2.32. The van der Waals surface area contributed by atoms with Crippen LogP contribution in [0.5, 0.6) is 0 Å². The largest absolute Gasteiger partial charge is 0.379 e. The van der Waals surface area contributed by atoms with E-state index < -0.39 is 0 Å². The van der Waals surface area contributed by atoms with Crippen LogP contribution in [-0.4, -0.2) is 23.7 Å². The van der Waals surface area contributed by atoms with Crippen molar-refractivity contribution < 1.29 is 4.74 Å². The molecule has 3 nitrogen and oxygen atoms in total. The Balaban J connectivity index is 1.70. The Morgan fingerprint density at radius 2 is 2.39 bits per heavy atom. The average Bonchev–Trinajstić information content (AvgIpc) is 2.28. The molecule has 2 unspecified atom stereocenters. The van der Waals surface area contributed by atoms with Gasteiger partial charge in [-0.05, 0) is 32.3 Å². The van der Waals surface area contributed by atoms with E-state index >= 15 is 0 Å². The van der Waals surface area contributed by atoms with E-state index in [9.17, 15) is 0 Å². The van der Waals surface area contributed by atoms with Crippen molar-refractivity contribution >= 4 is 17.3 Å². The fourth-order valence-electron chi connectivity index (χ4n) is 3.31. The Morgan fingerprint density at radius 3 is 3.00 bits per heavy atom. The van der Waals surface area contributed by atoms with Crippen molar-refractivity contribution in [2.45, 2.75) is 44.8 Å². The second-order valence-corrected chi connectivity index (χ2v) is 5.73. The highest BCUT2D eigenvalue weighted by molar-refractivity contribution is 6.33. The average molecular weight is 267 g/mol. The normalized spacial score (nSPS) is 28.6. The monoisotopic (exact) mass is 266 g/mol. The summed E-state index contributed by atoms with van der Waals surface area (Å²) < 4.78 is 5.85. The molecular formula is C14H19ClN2O. The van der Waals surface area contributed by atoms with Gasteiger partial charge in [0.25, 0.3) is 0 Å². The molecule has 2 saturated carbocycles. The summed E-state index contributed by atoms with van der Waals surface area (Å²) in [7, 11) is 0. The fourth-order valence-corrected chi connectivity index (χ4v) is 3.47. The van der Waals surface area contributed by atoms with Crippen LogP contribution in [0, 0.1) is 5.41 Å². The van der Waals surface area contributed by atoms with E-state index in [0.29, 0.717) is 17.6 Å². The lowest BCUT2D eigenvalue weighted by atomic mass is 9.51. The van der Waals surface area contributed by atoms with Crippen molar-refractivity contribution in [1.29, 1.82) is 0 Å². The van der Waals surface area contributed by atoms with Gasteiger partial charge in [0.2, 0.25) is 0 Å². The molecule has 1 aromatic heterocycles. The number of pyridine rings is 1. The standard InChI is InChI=1S/C14H19ClN2O/c1-2-18-13-8-12(14(13)5-3-6-14)17-11-9-16-7-4-10(11)15/h4,7,9,12-13,17H,2-3,5-6,8H2,1H3. The lowest BCUT2D eigenvalue weighted by Crippen LogP contribution is -2.64. The molecule has 3 rings (SSSR count). The van der Waals surface area contributed by atoms with Crippen molar-refractivity contribution in [2.24, 2.45) is 5.41 Å². The lowest BCUT2D eigenvalue weighted by molar-refractivity contribution is -0.157. The summed E-state index contributed by atoms with van der Waals surface area (Å²) in [5, 5.41) is 4.30. The Hall–Kier alpha value is -0.800. The van der Waals surface area contributed by atoms with Gasteiger partial charge in [-0.2, -0.15) is 0 Å². The minimum absolute atomic E-state index is 0.356. The number of ether oxygens (including phenoxy) is 1.